The summed E-state index contributed by atoms with van der Waals surface area (Å²) in [5, 5.41) is 10.4. The molecule has 1 aliphatic rings. The lowest BCUT2D eigenvalue weighted by atomic mass is 9.87. The molecule has 0 aromatic heterocycles. The summed E-state index contributed by atoms with van der Waals surface area (Å²) in [4.78, 5) is 0. The molecule has 1 aliphatic carbocycles. The van der Waals surface area contributed by atoms with Gasteiger partial charge in [-0.2, -0.15) is 0 Å². The fraction of sp³-hybridized carbons (Fsp3) is 0.444. The minimum absolute atomic E-state index is 0.0995. The number of rotatable bonds is 4. The zero-order valence-electron chi connectivity index (χ0n) is 12.2. The average Bonchev–Trinajstić information content (AvgIpc) is 2.48. The quantitative estimate of drug-likeness (QED) is 0.663. The molecule has 1 aromatic carbocycles. The van der Waals surface area contributed by atoms with Crippen LogP contribution in [0.15, 0.2) is 24.3 Å². The first-order valence-electron chi connectivity index (χ1n) is 7.29. The summed E-state index contributed by atoms with van der Waals surface area (Å²) in [6.07, 6.45) is 7.96. The SMILES string of the molecule is CCCCCC#C[C@H]1C=Cc2cc(OC)ccc2[C@H]1O. The summed E-state index contributed by atoms with van der Waals surface area (Å²) in [5.74, 6) is 7.08. The van der Waals surface area contributed by atoms with E-state index in [-0.39, 0.29) is 5.92 Å². The zero-order chi connectivity index (χ0) is 14.4. The van der Waals surface area contributed by atoms with Gasteiger partial charge in [0.15, 0.2) is 0 Å². The number of hydrogen-bond acceptors (Lipinski definition) is 2. The first-order chi connectivity index (χ1) is 9.76. The molecule has 0 aliphatic heterocycles. The smallest absolute Gasteiger partial charge is 0.119 e. The molecule has 0 fully saturated rings. The van der Waals surface area contributed by atoms with Crippen LogP contribution in [0, 0.1) is 17.8 Å². The molecule has 20 heavy (non-hydrogen) atoms. The van der Waals surface area contributed by atoms with Gasteiger partial charge in [0, 0.05) is 6.42 Å². The molecule has 0 saturated carbocycles. The lowest BCUT2D eigenvalue weighted by molar-refractivity contribution is 0.153. The predicted octanol–water partition coefficient (Wildman–Crippen LogP) is 3.96. The van der Waals surface area contributed by atoms with Gasteiger partial charge < -0.3 is 9.84 Å². The van der Waals surface area contributed by atoms with Crippen molar-refractivity contribution in [3.8, 4) is 17.6 Å². The third-order valence-corrected chi connectivity index (χ3v) is 3.61. The average molecular weight is 270 g/mol. The van der Waals surface area contributed by atoms with Gasteiger partial charge in [0.05, 0.1) is 19.1 Å². The van der Waals surface area contributed by atoms with Crippen molar-refractivity contribution in [2.45, 2.75) is 38.7 Å². The molecular formula is C18H22O2. The summed E-state index contributed by atoms with van der Waals surface area (Å²) in [5.41, 5.74) is 1.95. The van der Waals surface area contributed by atoms with Crippen molar-refractivity contribution < 1.29 is 9.84 Å². The molecule has 2 nitrogen and oxygen atoms in total. The number of fused-ring (bicyclic) bond motifs is 1. The molecule has 0 amide bonds. The first kappa shape index (κ1) is 14.7. The van der Waals surface area contributed by atoms with Crippen LogP contribution in [0.25, 0.3) is 6.08 Å². The number of aliphatic hydroxyl groups excluding tert-OH is 1. The molecule has 106 valence electrons. The molecule has 0 heterocycles. The molecular weight excluding hydrogens is 248 g/mol. The van der Waals surface area contributed by atoms with Crippen molar-refractivity contribution in [1.82, 2.24) is 0 Å². The van der Waals surface area contributed by atoms with Gasteiger partial charge in [-0.3, -0.25) is 0 Å². The number of hydrogen-bond donors (Lipinski definition) is 1. The highest BCUT2D eigenvalue weighted by atomic mass is 16.5. The topological polar surface area (TPSA) is 29.5 Å². The van der Waals surface area contributed by atoms with Crippen LogP contribution in [0.4, 0.5) is 0 Å². The second kappa shape index (κ2) is 7.17. The Balaban J connectivity index is 2.06. The Morgan fingerprint density at radius 2 is 2.15 bits per heavy atom. The Labute approximate surface area is 121 Å². The van der Waals surface area contributed by atoms with E-state index in [1.54, 1.807) is 7.11 Å². The highest BCUT2D eigenvalue weighted by Gasteiger charge is 2.22. The standard InChI is InChI=1S/C18H22O2/c1-3-4-5-6-7-8-14-9-10-15-13-16(20-2)11-12-17(15)18(14)19/h9-14,18-19H,3-6H2,1-2H3/t14-,18-/m0/s1. The number of benzene rings is 1. The van der Waals surface area contributed by atoms with Crippen LogP contribution in [0.5, 0.6) is 5.75 Å². The minimum Gasteiger partial charge on any atom is -0.497 e. The third-order valence-electron chi connectivity index (χ3n) is 3.61. The van der Waals surface area contributed by atoms with Crippen LogP contribution in [0.3, 0.4) is 0 Å². The van der Waals surface area contributed by atoms with Crippen LogP contribution in [-0.2, 0) is 0 Å². The summed E-state index contributed by atoms with van der Waals surface area (Å²) in [6.45, 7) is 2.19. The van der Waals surface area contributed by atoms with E-state index in [1.807, 2.05) is 30.4 Å². The number of ether oxygens (including phenoxy) is 1. The van der Waals surface area contributed by atoms with Crippen LogP contribution in [0.2, 0.25) is 0 Å². The molecule has 0 spiro atoms. The maximum atomic E-state index is 10.4. The van der Waals surface area contributed by atoms with E-state index in [0.717, 1.165) is 29.7 Å². The molecule has 2 atom stereocenters. The van der Waals surface area contributed by atoms with Crippen LogP contribution in [0.1, 0.15) is 49.8 Å². The molecule has 1 N–H and O–H groups in total. The first-order valence-corrected chi connectivity index (χ1v) is 7.29. The Hall–Kier alpha value is -1.72. The minimum atomic E-state index is -0.542. The Bertz CT molecular complexity index is 534. The fourth-order valence-corrected chi connectivity index (χ4v) is 2.38. The van der Waals surface area contributed by atoms with E-state index in [1.165, 1.54) is 12.8 Å². The van der Waals surface area contributed by atoms with Crippen molar-refractivity contribution in [2.24, 2.45) is 5.92 Å². The summed E-state index contributed by atoms with van der Waals surface area (Å²) >= 11 is 0. The monoisotopic (exact) mass is 270 g/mol. The predicted molar refractivity (Wildman–Crippen MR) is 82.4 cm³/mol. The lowest BCUT2D eigenvalue weighted by Crippen LogP contribution is -2.13. The van der Waals surface area contributed by atoms with E-state index in [4.69, 9.17) is 4.74 Å². The Morgan fingerprint density at radius 1 is 1.30 bits per heavy atom. The summed E-state index contributed by atoms with van der Waals surface area (Å²) in [7, 11) is 1.65. The van der Waals surface area contributed by atoms with Gasteiger partial charge in [-0.05, 0) is 29.7 Å². The highest BCUT2D eigenvalue weighted by molar-refractivity contribution is 5.61. The van der Waals surface area contributed by atoms with Gasteiger partial charge in [-0.1, -0.05) is 43.9 Å². The largest absolute Gasteiger partial charge is 0.497 e. The van der Waals surface area contributed by atoms with Crippen molar-refractivity contribution in [3.63, 3.8) is 0 Å². The maximum Gasteiger partial charge on any atom is 0.119 e. The second-order valence-electron chi connectivity index (χ2n) is 5.10. The van der Waals surface area contributed by atoms with Crippen LogP contribution >= 0.6 is 0 Å². The third kappa shape index (κ3) is 3.43. The number of methoxy groups -OCH3 is 1. The van der Waals surface area contributed by atoms with E-state index in [2.05, 4.69) is 18.8 Å². The Morgan fingerprint density at radius 3 is 2.90 bits per heavy atom. The second-order valence-corrected chi connectivity index (χ2v) is 5.10. The van der Waals surface area contributed by atoms with Crippen LogP contribution in [-0.4, -0.2) is 12.2 Å². The number of aliphatic hydroxyl groups is 1. The van der Waals surface area contributed by atoms with E-state index < -0.39 is 6.10 Å². The molecule has 0 saturated heterocycles. The van der Waals surface area contributed by atoms with Crippen molar-refractivity contribution in [1.29, 1.82) is 0 Å². The molecule has 2 rings (SSSR count). The van der Waals surface area contributed by atoms with Crippen molar-refractivity contribution in [3.05, 3.63) is 35.4 Å². The van der Waals surface area contributed by atoms with Crippen molar-refractivity contribution >= 4 is 6.08 Å². The highest BCUT2D eigenvalue weighted by Crippen LogP contribution is 2.33. The summed E-state index contributed by atoms with van der Waals surface area (Å²) < 4.78 is 5.20. The lowest BCUT2D eigenvalue weighted by Gasteiger charge is -2.22. The zero-order valence-corrected chi connectivity index (χ0v) is 12.2. The van der Waals surface area contributed by atoms with Gasteiger partial charge in [0.25, 0.3) is 0 Å². The van der Waals surface area contributed by atoms with E-state index in [9.17, 15) is 5.11 Å². The fourth-order valence-electron chi connectivity index (χ4n) is 2.38. The molecule has 0 bridgehead atoms. The summed E-state index contributed by atoms with van der Waals surface area (Å²) in [6, 6.07) is 5.75. The van der Waals surface area contributed by atoms with Gasteiger partial charge >= 0.3 is 0 Å². The van der Waals surface area contributed by atoms with Crippen LogP contribution < -0.4 is 4.74 Å². The van der Waals surface area contributed by atoms with E-state index >= 15 is 0 Å². The maximum absolute atomic E-state index is 10.4. The number of unbranched alkanes of at least 4 members (excludes halogenated alkanes) is 3. The molecule has 2 heteroatoms. The van der Waals surface area contributed by atoms with E-state index in [0.29, 0.717) is 0 Å². The van der Waals surface area contributed by atoms with Gasteiger partial charge in [0.1, 0.15) is 5.75 Å². The Kier molecular flexibility index (Phi) is 5.26. The molecule has 0 unspecified atom stereocenters. The molecule has 1 aromatic rings. The van der Waals surface area contributed by atoms with Gasteiger partial charge in [0.2, 0.25) is 0 Å². The van der Waals surface area contributed by atoms with Gasteiger partial charge in [-0.15, -0.1) is 5.92 Å². The van der Waals surface area contributed by atoms with Gasteiger partial charge in [-0.25, -0.2) is 0 Å². The molecule has 0 radical (unpaired) electrons. The van der Waals surface area contributed by atoms with Crippen molar-refractivity contribution in [2.75, 3.05) is 7.11 Å². The normalized spacial score (nSPS) is 19.9.